The maximum atomic E-state index is 9.57. The zero-order chi connectivity index (χ0) is 14.8. The second kappa shape index (κ2) is 6.03. The van der Waals surface area contributed by atoms with Gasteiger partial charge in [-0.05, 0) is 64.5 Å². The quantitative estimate of drug-likeness (QED) is 0.857. The molecule has 0 aromatic rings. The van der Waals surface area contributed by atoms with E-state index in [4.69, 9.17) is 0 Å². The number of rotatable bonds is 4. The largest absolute Gasteiger partial charge is 0.300 e. The molecule has 0 radical (unpaired) electrons. The number of nitriles is 1. The summed E-state index contributed by atoms with van der Waals surface area (Å²) in [5.41, 5.74) is 0.280. The first-order chi connectivity index (χ1) is 9.42. The summed E-state index contributed by atoms with van der Waals surface area (Å²) >= 11 is 0. The van der Waals surface area contributed by atoms with Gasteiger partial charge in [-0.3, -0.25) is 5.32 Å². The Kier molecular flexibility index (Phi) is 4.76. The van der Waals surface area contributed by atoms with Gasteiger partial charge in [0.25, 0.3) is 0 Å². The number of nitrogens with one attached hydrogen (secondary N) is 1. The number of likely N-dealkylation sites (tertiary alicyclic amines) is 1. The minimum atomic E-state index is -0.273. The molecular weight excluding hydrogens is 246 g/mol. The van der Waals surface area contributed by atoms with Crippen LogP contribution in [0, 0.1) is 16.7 Å². The average molecular weight is 277 g/mol. The molecule has 1 saturated carbocycles. The Bertz CT molecular complexity index is 363. The molecule has 2 aliphatic rings. The molecular formula is C17H31N3. The predicted molar refractivity (Wildman–Crippen MR) is 83.5 cm³/mol. The van der Waals surface area contributed by atoms with Gasteiger partial charge in [0.05, 0.1) is 6.07 Å². The van der Waals surface area contributed by atoms with Crippen molar-refractivity contribution in [3.63, 3.8) is 0 Å². The van der Waals surface area contributed by atoms with Gasteiger partial charge in [-0.25, -0.2) is 0 Å². The molecule has 1 aliphatic carbocycles. The number of piperidine rings is 1. The van der Waals surface area contributed by atoms with Gasteiger partial charge in [0.2, 0.25) is 0 Å². The Morgan fingerprint density at radius 3 is 2.45 bits per heavy atom. The molecule has 1 N–H and O–H groups in total. The summed E-state index contributed by atoms with van der Waals surface area (Å²) in [7, 11) is 0. The lowest BCUT2D eigenvalue weighted by Crippen LogP contribution is -2.48. The van der Waals surface area contributed by atoms with Crippen LogP contribution in [0.15, 0.2) is 0 Å². The van der Waals surface area contributed by atoms with Gasteiger partial charge in [-0.1, -0.05) is 20.3 Å². The second-order valence-corrected chi connectivity index (χ2v) is 7.59. The van der Waals surface area contributed by atoms with Gasteiger partial charge in [0, 0.05) is 12.1 Å². The third kappa shape index (κ3) is 3.35. The van der Waals surface area contributed by atoms with E-state index in [2.05, 4.69) is 44.0 Å². The van der Waals surface area contributed by atoms with Crippen LogP contribution in [0.5, 0.6) is 0 Å². The summed E-state index contributed by atoms with van der Waals surface area (Å²) in [5.74, 6) is 0. The summed E-state index contributed by atoms with van der Waals surface area (Å²) in [4.78, 5) is 2.65. The van der Waals surface area contributed by atoms with Crippen LogP contribution in [-0.2, 0) is 0 Å². The van der Waals surface area contributed by atoms with Crippen LogP contribution < -0.4 is 5.32 Å². The second-order valence-electron chi connectivity index (χ2n) is 7.59. The van der Waals surface area contributed by atoms with E-state index < -0.39 is 0 Å². The highest BCUT2D eigenvalue weighted by atomic mass is 15.2. The fourth-order valence-corrected chi connectivity index (χ4v) is 3.93. The average Bonchev–Trinajstić information content (AvgIpc) is 2.83. The minimum Gasteiger partial charge on any atom is -0.300 e. The molecule has 2 fully saturated rings. The smallest absolute Gasteiger partial charge is 0.108 e. The van der Waals surface area contributed by atoms with Crippen molar-refractivity contribution in [3.05, 3.63) is 0 Å². The Morgan fingerprint density at radius 2 is 1.95 bits per heavy atom. The Morgan fingerprint density at radius 1 is 1.30 bits per heavy atom. The van der Waals surface area contributed by atoms with Gasteiger partial charge >= 0.3 is 0 Å². The molecule has 1 saturated heterocycles. The van der Waals surface area contributed by atoms with Crippen LogP contribution in [0.1, 0.15) is 66.2 Å². The van der Waals surface area contributed by atoms with Crippen molar-refractivity contribution in [2.24, 2.45) is 5.41 Å². The van der Waals surface area contributed by atoms with E-state index in [1.807, 2.05) is 0 Å². The van der Waals surface area contributed by atoms with Crippen molar-refractivity contribution in [2.45, 2.75) is 83.8 Å². The van der Waals surface area contributed by atoms with Crippen molar-refractivity contribution in [3.8, 4) is 6.07 Å². The molecule has 3 nitrogen and oxygen atoms in total. The molecule has 3 heteroatoms. The summed E-state index contributed by atoms with van der Waals surface area (Å²) < 4.78 is 0. The summed E-state index contributed by atoms with van der Waals surface area (Å²) in [6.07, 6.45) is 7.12. The highest BCUT2D eigenvalue weighted by Gasteiger charge is 2.43. The maximum Gasteiger partial charge on any atom is 0.108 e. The summed E-state index contributed by atoms with van der Waals surface area (Å²) in [5, 5.41) is 13.1. The summed E-state index contributed by atoms with van der Waals surface area (Å²) in [6.45, 7) is 11.5. The molecule has 0 aromatic heterocycles. The van der Waals surface area contributed by atoms with Crippen LogP contribution in [0.2, 0.25) is 0 Å². The van der Waals surface area contributed by atoms with E-state index in [0.29, 0.717) is 17.5 Å². The third-order valence-electron chi connectivity index (χ3n) is 5.64. The van der Waals surface area contributed by atoms with Crippen molar-refractivity contribution >= 4 is 0 Å². The number of hydrogen-bond donors (Lipinski definition) is 1. The van der Waals surface area contributed by atoms with E-state index in [0.717, 1.165) is 12.8 Å². The molecule has 2 rings (SSSR count). The van der Waals surface area contributed by atoms with Gasteiger partial charge in [-0.15, -0.1) is 0 Å². The van der Waals surface area contributed by atoms with E-state index in [1.165, 1.54) is 38.8 Å². The lowest BCUT2D eigenvalue weighted by Gasteiger charge is -2.42. The van der Waals surface area contributed by atoms with Gasteiger partial charge < -0.3 is 4.90 Å². The van der Waals surface area contributed by atoms with Crippen LogP contribution in [-0.4, -0.2) is 35.6 Å². The van der Waals surface area contributed by atoms with E-state index in [1.54, 1.807) is 0 Å². The van der Waals surface area contributed by atoms with Crippen LogP contribution in [0.25, 0.3) is 0 Å². The predicted octanol–water partition coefficient (Wildman–Crippen LogP) is 3.31. The van der Waals surface area contributed by atoms with Gasteiger partial charge in [0.1, 0.15) is 5.54 Å². The zero-order valence-corrected chi connectivity index (χ0v) is 13.7. The Balaban J connectivity index is 1.92. The standard InChI is InChI=1S/C17H31N3/c1-5-16(4)8-10-20(11-9-16)15-6-7-17(12-15,13-18)19-14(2)3/h14-15,19H,5-12H2,1-4H3. The Hall–Kier alpha value is -0.590. The molecule has 1 heterocycles. The number of hydrogen-bond acceptors (Lipinski definition) is 3. The molecule has 0 spiro atoms. The first-order valence-corrected chi connectivity index (χ1v) is 8.35. The topological polar surface area (TPSA) is 39.1 Å². The monoisotopic (exact) mass is 277 g/mol. The van der Waals surface area contributed by atoms with Crippen molar-refractivity contribution in [1.29, 1.82) is 5.26 Å². The Labute approximate surface area is 124 Å². The van der Waals surface area contributed by atoms with Crippen molar-refractivity contribution in [2.75, 3.05) is 13.1 Å². The molecule has 2 atom stereocenters. The highest BCUT2D eigenvalue weighted by molar-refractivity contribution is 5.14. The fraction of sp³-hybridized carbons (Fsp3) is 0.941. The zero-order valence-electron chi connectivity index (χ0n) is 13.7. The van der Waals surface area contributed by atoms with Crippen molar-refractivity contribution < 1.29 is 0 Å². The van der Waals surface area contributed by atoms with E-state index in [9.17, 15) is 5.26 Å². The SMILES string of the molecule is CCC1(C)CCN(C2CCC(C#N)(NC(C)C)C2)CC1. The van der Waals surface area contributed by atoms with Crippen LogP contribution >= 0.6 is 0 Å². The van der Waals surface area contributed by atoms with E-state index >= 15 is 0 Å². The van der Waals surface area contributed by atoms with Gasteiger partial charge in [0.15, 0.2) is 0 Å². The van der Waals surface area contributed by atoms with Crippen molar-refractivity contribution in [1.82, 2.24) is 10.2 Å². The highest BCUT2D eigenvalue weighted by Crippen LogP contribution is 2.39. The summed E-state index contributed by atoms with van der Waals surface area (Å²) in [6, 6.07) is 3.57. The molecule has 20 heavy (non-hydrogen) atoms. The molecule has 0 aromatic carbocycles. The molecule has 2 unspecified atom stereocenters. The first-order valence-electron chi connectivity index (χ1n) is 8.35. The maximum absolute atomic E-state index is 9.57. The molecule has 1 aliphatic heterocycles. The third-order valence-corrected chi connectivity index (χ3v) is 5.64. The van der Waals surface area contributed by atoms with Gasteiger partial charge in [-0.2, -0.15) is 5.26 Å². The molecule has 114 valence electrons. The molecule has 0 bridgehead atoms. The first kappa shape index (κ1) is 15.8. The minimum absolute atomic E-state index is 0.273. The van der Waals surface area contributed by atoms with Crippen LogP contribution in [0.4, 0.5) is 0 Å². The normalized spacial score (nSPS) is 34.3. The fourth-order valence-electron chi connectivity index (χ4n) is 3.93. The van der Waals surface area contributed by atoms with Crippen LogP contribution in [0.3, 0.4) is 0 Å². The van der Waals surface area contributed by atoms with E-state index in [-0.39, 0.29) is 5.54 Å². The molecule has 0 amide bonds. The number of nitrogens with zero attached hydrogens (tertiary/aromatic N) is 2. The lowest BCUT2D eigenvalue weighted by atomic mass is 9.78. The lowest BCUT2D eigenvalue weighted by molar-refractivity contribution is 0.0804.